The first-order chi connectivity index (χ1) is 9.13. The van der Waals surface area contributed by atoms with E-state index >= 15 is 0 Å². The number of hydrogen-bond acceptors (Lipinski definition) is 1. The number of halogens is 1. The Labute approximate surface area is 125 Å². The second-order valence-electron chi connectivity index (χ2n) is 5.18. The van der Waals surface area contributed by atoms with Crippen molar-refractivity contribution in [1.82, 2.24) is 5.32 Å². The summed E-state index contributed by atoms with van der Waals surface area (Å²) in [5.41, 5.74) is 2.53. The first kappa shape index (κ1) is 16.2. The van der Waals surface area contributed by atoms with Crippen LogP contribution in [0.1, 0.15) is 37.3 Å². The lowest BCUT2D eigenvalue weighted by Gasteiger charge is -2.09. The van der Waals surface area contributed by atoms with Crippen LogP contribution < -0.4 is 5.32 Å². The molecule has 2 nitrogen and oxygen atoms in total. The maximum atomic E-state index is 11.7. The van der Waals surface area contributed by atoms with Crippen molar-refractivity contribution in [3.8, 4) is 0 Å². The van der Waals surface area contributed by atoms with Crippen LogP contribution in [0.5, 0.6) is 0 Å². The lowest BCUT2D eigenvalue weighted by Crippen LogP contribution is -2.25. The number of alkyl halides is 1. The molecule has 1 amide bonds. The van der Waals surface area contributed by atoms with Gasteiger partial charge in [-0.3, -0.25) is 4.79 Å². The largest absolute Gasteiger partial charge is 0.356 e. The highest BCUT2D eigenvalue weighted by atomic mass is 79.9. The van der Waals surface area contributed by atoms with Crippen LogP contribution in [0, 0.1) is 12.8 Å². The van der Waals surface area contributed by atoms with E-state index in [1.165, 1.54) is 11.1 Å². The SMILES string of the molecule is Cc1ccccc1CCC(=O)NCCCC(C)CBr. The van der Waals surface area contributed by atoms with Gasteiger partial charge in [0.2, 0.25) is 5.91 Å². The predicted molar refractivity (Wildman–Crippen MR) is 84.7 cm³/mol. The highest BCUT2D eigenvalue weighted by molar-refractivity contribution is 9.09. The zero-order valence-electron chi connectivity index (χ0n) is 11.9. The zero-order chi connectivity index (χ0) is 14.1. The molecule has 0 radical (unpaired) electrons. The fraction of sp³-hybridized carbons (Fsp3) is 0.562. The summed E-state index contributed by atoms with van der Waals surface area (Å²) in [6, 6.07) is 8.25. The van der Waals surface area contributed by atoms with Gasteiger partial charge in [-0.05, 0) is 43.2 Å². The van der Waals surface area contributed by atoms with Gasteiger partial charge in [0.15, 0.2) is 0 Å². The minimum absolute atomic E-state index is 0.162. The molecule has 1 aromatic carbocycles. The average molecular weight is 326 g/mol. The average Bonchev–Trinajstić information content (AvgIpc) is 2.42. The van der Waals surface area contributed by atoms with Crippen LogP contribution in [0.4, 0.5) is 0 Å². The van der Waals surface area contributed by atoms with E-state index < -0.39 is 0 Å². The molecule has 0 aliphatic heterocycles. The molecule has 0 heterocycles. The number of benzene rings is 1. The summed E-state index contributed by atoms with van der Waals surface area (Å²) in [6.45, 7) is 5.10. The third-order valence-electron chi connectivity index (χ3n) is 3.34. The Morgan fingerprint density at radius 1 is 1.37 bits per heavy atom. The van der Waals surface area contributed by atoms with Crippen LogP contribution >= 0.6 is 15.9 Å². The summed E-state index contributed by atoms with van der Waals surface area (Å²) in [5.74, 6) is 0.846. The Bertz CT molecular complexity index is 392. The Balaban J connectivity index is 2.16. The summed E-state index contributed by atoms with van der Waals surface area (Å²) in [5, 5.41) is 4.03. The summed E-state index contributed by atoms with van der Waals surface area (Å²) < 4.78 is 0. The van der Waals surface area contributed by atoms with Crippen LogP contribution in [-0.2, 0) is 11.2 Å². The van der Waals surface area contributed by atoms with Crippen molar-refractivity contribution < 1.29 is 4.79 Å². The van der Waals surface area contributed by atoms with Gasteiger partial charge in [-0.1, -0.05) is 47.1 Å². The molecule has 0 aliphatic rings. The minimum atomic E-state index is 0.162. The number of carbonyl (C=O) groups is 1. The minimum Gasteiger partial charge on any atom is -0.356 e. The Morgan fingerprint density at radius 2 is 2.11 bits per heavy atom. The van der Waals surface area contributed by atoms with E-state index in [4.69, 9.17) is 0 Å². The monoisotopic (exact) mass is 325 g/mol. The molecule has 0 spiro atoms. The van der Waals surface area contributed by atoms with Gasteiger partial charge < -0.3 is 5.32 Å². The summed E-state index contributed by atoms with van der Waals surface area (Å²) in [4.78, 5) is 11.7. The Kier molecular flexibility index (Phi) is 7.80. The molecule has 0 aromatic heterocycles. The van der Waals surface area contributed by atoms with E-state index in [2.05, 4.69) is 47.2 Å². The first-order valence-corrected chi connectivity index (χ1v) is 8.12. The Morgan fingerprint density at radius 3 is 2.79 bits per heavy atom. The molecule has 1 atom stereocenters. The van der Waals surface area contributed by atoms with Gasteiger partial charge in [-0.25, -0.2) is 0 Å². The van der Waals surface area contributed by atoms with Crippen molar-refractivity contribution >= 4 is 21.8 Å². The van der Waals surface area contributed by atoms with E-state index in [0.717, 1.165) is 31.1 Å². The summed E-state index contributed by atoms with van der Waals surface area (Å²) >= 11 is 3.47. The maximum absolute atomic E-state index is 11.7. The fourth-order valence-electron chi connectivity index (χ4n) is 1.98. The van der Waals surface area contributed by atoms with Gasteiger partial charge in [0.05, 0.1) is 0 Å². The highest BCUT2D eigenvalue weighted by Gasteiger charge is 2.04. The van der Waals surface area contributed by atoms with Crippen LogP contribution in [0.25, 0.3) is 0 Å². The topological polar surface area (TPSA) is 29.1 Å². The second kappa shape index (κ2) is 9.13. The van der Waals surface area contributed by atoms with E-state index in [1.54, 1.807) is 0 Å². The van der Waals surface area contributed by atoms with Gasteiger partial charge in [0.1, 0.15) is 0 Å². The second-order valence-corrected chi connectivity index (χ2v) is 5.83. The van der Waals surface area contributed by atoms with Gasteiger partial charge in [0.25, 0.3) is 0 Å². The number of aryl methyl sites for hydroxylation is 2. The smallest absolute Gasteiger partial charge is 0.220 e. The zero-order valence-corrected chi connectivity index (χ0v) is 13.5. The third-order valence-corrected chi connectivity index (χ3v) is 4.45. The normalized spacial score (nSPS) is 12.2. The summed E-state index contributed by atoms with van der Waals surface area (Å²) in [7, 11) is 0. The molecule has 1 N–H and O–H groups in total. The molecule has 1 aromatic rings. The van der Waals surface area contributed by atoms with Crippen LogP contribution in [0.15, 0.2) is 24.3 Å². The van der Waals surface area contributed by atoms with Crippen molar-refractivity contribution in [3.05, 3.63) is 35.4 Å². The number of nitrogens with one attached hydrogen (secondary N) is 1. The molecule has 0 aliphatic carbocycles. The van der Waals surface area contributed by atoms with E-state index in [0.29, 0.717) is 12.3 Å². The van der Waals surface area contributed by atoms with Gasteiger partial charge >= 0.3 is 0 Å². The van der Waals surface area contributed by atoms with Crippen LogP contribution in [0.3, 0.4) is 0 Å². The molecule has 19 heavy (non-hydrogen) atoms. The third kappa shape index (κ3) is 6.76. The van der Waals surface area contributed by atoms with Gasteiger partial charge in [-0.2, -0.15) is 0 Å². The van der Waals surface area contributed by atoms with Crippen molar-refractivity contribution in [2.45, 2.75) is 39.5 Å². The molecule has 0 fully saturated rings. The van der Waals surface area contributed by atoms with Crippen molar-refractivity contribution in [3.63, 3.8) is 0 Å². The summed E-state index contributed by atoms with van der Waals surface area (Å²) in [6.07, 6.45) is 3.63. The molecule has 0 saturated carbocycles. The number of carbonyl (C=O) groups excluding carboxylic acids is 1. The molecule has 1 rings (SSSR count). The standard InChI is InChI=1S/C16H24BrNO/c1-13(12-17)6-5-11-18-16(19)10-9-15-8-4-3-7-14(15)2/h3-4,7-8,13H,5-6,9-12H2,1-2H3,(H,18,19). The van der Waals surface area contributed by atoms with E-state index in [-0.39, 0.29) is 5.91 Å². The molecule has 3 heteroatoms. The number of rotatable bonds is 8. The van der Waals surface area contributed by atoms with Crippen LogP contribution in [0.2, 0.25) is 0 Å². The quantitative estimate of drug-likeness (QED) is 0.570. The fourth-order valence-corrected chi connectivity index (χ4v) is 2.31. The maximum Gasteiger partial charge on any atom is 0.220 e. The van der Waals surface area contributed by atoms with E-state index in [9.17, 15) is 4.79 Å². The molecular formula is C16H24BrNO. The highest BCUT2D eigenvalue weighted by Crippen LogP contribution is 2.10. The van der Waals surface area contributed by atoms with Crippen molar-refractivity contribution in [2.75, 3.05) is 11.9 Å². The van der Waals surface area contributed by atoms with Gasteiger partial charge in [-0.15, -0.1) is 0 Å². The molecule has 0 bridgehead atoms. The molecule has 0 saturated heterocycles. The molecule has 1 unspecified atom stereocenters. The van der Waals surface area contributed by atoms with Crippen LogP contribution in [-0.4, -0.2) is 17.8 Å². The van der Waals surface area contributed by atoms with E-state index in [1.807, 2.05) is 12.1 Å². The van der Waals surface area contributed by atoms with Gasteiger partial charge in [0, 0.05) is 18.3 Å². The van der Waals surface area contributed by atoms with Crippen molar-refractivity contribution in [2.24, 2.45) is 5.92 Å². The lowest BCUT2D eigenvalue weighted by molar-refractivity contribution is -0.121. The predicted octanol–water partition coefficient (Wildman–Crippen LogP) is 3.86. The van der Waals surface area contributed by atoms with Crippen molar-refractivity contribution in [1.29, 1.82) is 0 Å². The Hall–Kier alpha value is -0.830. The number of hydrogen-bond donors (Lipinski definition) is 1. The molecule has 106 valence electrons. The molecular weight excluding hydrogens is 302 g/mol. The number of amides is 1. The lowest BCUT2D eigenvalue weighted by atomic mass is 10.0. The first-order valence-electron chi connectivity index (χ1n) is 7.00.